The number of carbonyl (C=O) groups is 1. The Morgan fingerprint density at radius 1 is 1.47 bits per heavy atom. The highest BCUT2D eigenvalue weighted by Gasteiger charge is 2.38. The van der Waals surface area contributed by atoms with E-state index in [0.717, 1.165) is 0 Å². The Morgan fingerprint density at radius 3 is 2.41 bits per heavy atom. The van der Waals surface area contributed by atoms with Gasteiger partial charge >= 0.3 is 0 Å². The van der Waals surface area contributed by atoms with Crippen molar-refractivity contribution < 1.29 is 13.2 Å². The van der Waals surface area contributed by atoms with Crippen LogP contribution in [0, 0.1) is 5.41 Å². The molecule has 17 heavy (non-hydrogen) atoms. The molecule has 1 rings (SSSR count). The van der Waals surface area contributed by atoms with E-state index in [1.165, 1.54) is 0 Å². The van der Waals surface area contributed by atoms with Crippen LogP contribution < -0.4 is 0 Å². The lowest BCUT2D eigenvalue weighted by Crippen LogP contribution is -2.47. The number of amides is 1. The van der Waals surface area contributed by atoms with Crippen LogP contribution in [0.1, 0.15) is 27.2 Å². The zero-order valence-corrected chi connectivity index (χ0v) is 12.1. The van der Waals surface area contributed by atoms with Gasteiger partial charge in [0.05, 0.1) is 16.9 Å². The number of carbonyl (C=O) groups excluding carboxylic acids is 1. The van der Waals surface area contributed by atoms with Crippen molar-refractivity contribution in [3.05, 3.63) is 0 Å². The molecule has 1 amide bonds. The third-order valence-electron chi connectivity index (χ3n) is 3.16. The molecule has 1 aliphatic heterocycles. The number of hydrogen-bond donors (Lipinski definition) is 0. The summed E-state index contributed by atoms with van der Waals surface area (Å²) in [4.78, 5) is 13.9. The number of alkyl halides is 1. The Morgan fingerprint density at radius 2 is 2.06 bits per heavy atom. The average Bonchev–Trinajstić information content (AvgIpc) is 2.60. The predicted octanol–water partition coefficient (Wildman–Crippen LogP) is 1.29. The van der Waals surface area contributed by atoms with Crippen LogP contribution >= 0.6 is 11.6 Å². The highest BCUT2D eigenvalue weighted by Crippen LogP contribution is 2.25. The molecular weight excluding hydrogens is 262 g/mol. The van der Waals surface area contributed by atoms with E-state index in [0.29, 0.717) is 13.0 Å². The lowest BCUT2D eigenvalue weighted by molar-refractivity contribution is -0.140. The van der Waals surface area contributed by atoms with Gasteiger partial charge in [0.25, 0.3) is 0 Å². The molecule has 6 heteroatoms. The van der Waals surface area contributed by atoms with E-state index >= 15 is 0 Å². The molecule has 0 aromatic carbocycles. The summed E-state index contributed by atoms with van der Waals surface area (Å²) in [6, 6.07) is -0.181. The summed E-state index contributed by atoms with van der Waals surface area (Å²) in [7, 11) is -2.96. The second-order valence-corrected chi connectivity index (χ2v) is 7.66. The zero-order valence-electron chi connectivity index (χ0n) is 10.6. The minimum absolute atomic E-state index is 0.0582. The molecule has 4 nitrogen and oxygen atoms in total. The first kappa shape index (κ1) is 14.8. The van der Waals surface area contributed by atoms with Gasteiger partial charge in [0, 0.05) is 18.5 Å². The van der Waals surface area contributed by atoms with E-state index in [4.69, 9.17) is 11.6 Å². The van der Waals surface area contributed by atoms with Crippen LogP contribution in [0.5, 0.6) is 0 Å². The molecule has 1 aliphatic rings. The lowest BCUT2D eigenvalue weighted by Gasteiger charge is -2.33. The fourth-order valence-corrected chi connectivity index (χ4v) is 3.88. The molecule has 1 heterocycles. The van der Waals surface area contributed by atoms with E-state index in [9.17, 15) is 13.2 Å². The van der Waals surface area contributed by atoms with Crippen molar-refractivity contribution >= 4 is 27.3 Å². The fourth-order valence-electron chi connectivity index (χ4n) is 2.03. The third-order valence-corrected chi connectivity index (χ3v) is 5.58. The highest BCUT2D eigenvalue weighted by molar-refractivity contribution is 7.91. The molecule has 100 valence electrons. The van der Waals surface area contributed by atoms with Gasteiger partial charge in [-0.15, -0.1) is 11.6 Å². The van der Waals surface area contributed by atoms with E-state index in [2.05, 4.69) is 0 Å². The van der Waals surface area contributed by atoms with Crippen LogP contribution in [0.25, 0.3) is 0 Å². The Kier molecular flexibility index (Phi) is 4.47. The van der Waals surface area contributed by atoms with Crippen molar-refractivity contribution in [2.24, 2.45) is 5.41 Å². The van der Waals surface area contributed by atoms with Crippen LogP contribution in [0.15, 0.2) is 0 Å². The molecule has 0 saturated carbocycles. The summed E-state index contributed by atoms with van der Waals surface area (Å²) in [6.45, 7) is 5.97. The first-order chi connectivity index (χ1) is 7.73. The molecule has 0 N–H and O–H groups in total. The van der Waals surface area contributed by atoms with Crippen LogP contribution in [-0.2, 0) is 14.6 Å². The summed E-state index contributed by atoms with van der Waals surface area (Å²) in [5.74, 6) is 0.451. The van der Waals surface area contributed by atoms with Gasteiger partial charge in [-0.3, -0.25) is 4.79 Å². The molecule has 1 unspecified atom stereocenters. The topological polar surface area (TPSA) is 54.5 Å². The minimum atomic E-state index is -2.96. The summed E-state index contributed by atoms with van der Waals surface area (Å²) < 4.78 is 22.9. The summed E-state index contributed by atoms with van der Waals surface area (Å²) in [5, 5.41) is 0. The van der Waals surface area contributed by atoms with Crippen LogP contribution in [0.4, 0.5) is 0 Å². The van der Waals surface area contributed by atoms with E-state index in [1.807, 2.05) is 6.92 Å². The van der Waals surface area contributed by atoms with Gasteiger partial charge in [-0.05, 0) is 27.2 Å². The first-order valence-corrected chi connectivity index (χ1v) is 8.16. The van der Waals surface area contributed by atoms with E-state index < -0.39 is 15.3 Å². The summed E-state index contributed by atoms with van der Waals surface area (Å²) in [6.07, 6.45) is 0.542. The van der Waals surface area contributed by atoms with Crippen molar-refractivity contribution in [2.75, 3.05) is 23.9 Å². The fraction of sp³-hybridized carbons (Fsp3) is 0.909. The van der Waals surface area contributed by atoms with Crippen LogP contribution in [-0.4, -0.2) is 49.2 Å². The smallest absolute Gasteiger partial charge is 0.229 e. The van der Waals surface area contributed by atoms with Crippen molar-refractivity contribution in [3.8, 4) is 0 Å². The number of halogens is 1. The molecule has 1 saturated heterocycles. The molecule has 0 aliphatic carbocycles. The quantitative estimate of drug-likeness (QED) is 0.730. The van der Waals surface area contributed by atoms with Crippen molar-refractivity contribution in [1.29, 1.82) is 0 Å². The maximum atomic E-state index is 12.3. The number of sulfone groups is 1. The van der Waals surface area contributed by atoms with Crippen molar-refractivity contribution in [3.63, 3.8) is 0 Å². The monoisotopic (exact) mass is 281 g/mol. The van der Waals surface area contributed by atoms with Gasteiger partial charge in [0.2, 0.25) is 5.91 Å². The lowest BCUT2D eigenvalue weighted by atomic mass is 9.93. The van der Waals surface area contributed by atoms with Gasteiger partial charge in [-0.25, -0.2) is 8.42 Å². The Hall–Kier alpha value is -0.290. The van der Waals surface area contributed by atoms with E-state index in [-0.39, 0.29) is 29.3 Å². The number of nitrogens with zero attached hydrogens (tertiary/aromatic N) is 1. The Bertz CT molecular complexity index is 392. The molecule has 0 aromatic heterocycles. The van der Waals surface area contributed by atoms with Gasteiger partial charge in [0.15, 0.2) is 9.84 Å². The van der Waals surface area contributed by atoms with E-state index in [1.54, 1.807) is 18.7 Å². The molecule has 1 fully saturated rings. The maximum absolute atomic E-state index is 12.3. The minimum Gasteiger partial charge on any atom is -0.338 e. The standard InChI is InChI=1S/C11H20ClNO3S/c1-4-13(10(14)11(2,3)8-12)9-5-6-17(15,16)7-9/h9H,4-8H2,1-3H3. The largest absolute Gasteiger partial charge is 0.338 e. The molecule has 0 radical (unpaired) electrons. The Labute approximate surface area is 108 Å². The second kappa shape index (κ2) is 5.14. The molecular formula is C11H20ClNO3S. The zero-order chi connectivity index (χ0) is 13.3. The van der Waals surface area contributed by atoms with Crippen LogP contribution in [0.2, 0.25) is 0 Å². The second-order valence-electron chi connectivity index (χ2n) is 5.17. The molecule has 0 spiro atoms. The third kappa shape index (κ3) is 3.35. The molecule has 0 aromatic rings. The van der Waals surface area contributed by atoms with Crippen LogP contribution in [0.3, 0.4) is 0 Å². The average molecular weight is 282 g/mol. The number of hydrogen-bond acceptors (Lipinski definition) is 3. The maximum Gasteiger partial charge on any atom is 0.229 e. The predicted molar refractivity (Wildman–Crippen MR) is 68.9 cm³/mol. The van der Waals surface area contributed by atoms with Crippen molar-refractivity contribution in [2.45, 2.75) is 33.2 Å². The van der Waals surface area contributed by atoms with Crippen molar-refractivity contribution in [1.82, 2.24) is 4.90 Å². The van der Waals surface area contributed by atoms with Gasteiger partial charge in [0.1, 0.15) is 0 Å². The Balaban J connectivity index is 2.83. The molecule has 1 atom stereocenters. The summed E-state index contributed by atoms with van der Waals surface area (Å²) >= 11 is 5.79. The summed E-state index contributed by atoms with van der Waals surface area (Å²) in [5.41, 5.74) is -0.635. The van der Waals surface area contributed by atoms with Gasteiger partial charge in [-0.1, -0.05) is 0 Å². The highest BCUT2D eigenvalue weighted by atomic mass is 35.5. The normalized spacial score (nSPS) is 23.6. The SMILES string of the molecule is CCN(C(=O)C(C)(C)CCl)C1CCS(=O)(=O)C1. The van der Waals surface area contributed by atoms with Gasteiger partial charge in [-0.2, -0.15) is 0 Å². The number of rotatable bonds is 4. The first-order valence-electron chi connectivity index (χ1n) is 5.81. The van der Waals surface area contributed by atoms with Gasteiger partial charge < -0.3 is 4.90 Å². The molecule has 0 bridgehead atoms.